The highest BCUT2D eigenvalue weighted by Gasteiger charge is 2.26. The molecule has 0 bridgehead atoms. The van der Waals surface area contributed by atoms with Gasteiger partial charge in [-0.15, -0.1) is 0 Å². The molecule has 5 rings (SSSR count). The summed E-state index contributed by atoms with van der Waals surface area (Å²) in [7, 11) is 2.14. The monoisotopic (exact) mass is 507 g/mol. The third-order valence-corrected chi connectivity index (χ3v) is 6.66. The number of halogens is 1. The molecule has 2 atom stereocenters. The zero-order chi connectivity index (χ0) is 26.2. The zero-order valence-corrected chi connectivity index (χ0v) is 21.6. The Bertz CT molecular complexity index is 1170. The van der Waals surface area contributed by atoms with Gasteiger partial charge in [0.25, 0.3) is 0 Å². The van der Waals surface area contributed by atoms with Crippen molar-refractivity contribution >= 4 is 23.5 Å². The van der Waals surface area contributed by atoms with Crippen LogP contribution >= 0.6 is 0 Å². The van der Waals surface area contributed by atoms with Crippen molar-refractivity contribution < 1.29 is 13.9 Å². The molecule has 196 valence electrons. The van der Waals surface area contributed by atoms with E-state index in [2.05, 4.69) is 39.1 Å². The second kappa shape index (κ2) is 12.6. The van der Waals surface area contributed by atoms with Gasteiger partial charge in [0.15, 0.2) is 0 Å². The van der Waals surface area contributed by atoms with Crippen LogP contribution in [0, 0.1) is 5.82 Å². The highest BCUT2D eigenvalue weighted by molar-refractivity contribution is 5.66. The van der Waals surface area contributed by atoms with Gasteiger partial charge in [-0.25, -0.2) is 14.4 Å². The van der Waals surface area contributed by atoms with Gasteiger partial charge >= 0.3 is 0 Å². The number of hydrogen-bond donors (Lipinski definition) is 1. The van der Waals surface area contributed by atoms with Crippen LogP contribution < -0.4 is 10.2 Å². The fourth-order valence-electron chi connectivity index (χ4n) is 4.57. The molecular formula is C27H34FN7O2. The summed E-state index contributed by atoms with van der Waals surface area (Å²) in [5, 5.41) is 3.32. The molecule has 2 aliphatic rings. The van der Waals surface area contributed by atoms with Gasteiger partial charge in [0.05, 0.1) is 25.1 Å². The van der Waals surface area contributed by atoms with E-state index in [4.69, 9.17) is 19.5 Å². The van der Waals surface area contributed by atoms with Gasteiger partial charge < -0.3 is 24.6 Å². The van der Waals surface area contributed by atoms with Crippen LogP contribution in [0.15, 0.2) is 42.9 Å². The molecule has 1 N–H and O–H groups in total. The summed E-state index contributed by atoms with van der Waals surface area (Å²) in [4.78, 5) is 31.6. The van der Waals surface area contributed by atoms with E-state index in [1.165, 1.54) is 13.0 Å². The number of likely N-dealkylation sites (tertiary alicyclic amines) is 1. The number of nitrogens with zero attached hydrogens (tertiary/aromatic N) is 6. The number of nitrogens with one attached hydrogen (secondary N) is 1. The maximum absolute atomic E-state index is 14.5. The lowest BCUT2D eigenvalue weighted by Gasteiger charge is -2.34. The number of piperidine rings is 1. The highest BCUT2D eigenvalue weighted by atomic mass is 19.1. The number of aldehydes is 1. The Hall–Kier alpha value is -3.50. The standard InChI is InChI=1S/C25H30FN7O.C2H4O/c1-17-3-4-18(16-32(17)2)25-30-22(23-15-27-5-6-28-23)14-24(31-25)29-20-11-19(26)12-21(13-20)33-7-9-34-10-8-33;1-2-3/h5-6,11-15,17-18H,3-4,7-10,16H2,1-2H3,(H,29,30,31);2H,1H3/t17-,18+;/m0./s1. The Morgan fingerprint density at radius 3 is 2.57 bits per heavy atom. The molecule has 0 unspecified atom stereocenters. The summed E-state index contributed by atoms with van der Waals surface area (Å²) in [6.45, 7) is 7.35. The molecule has 0 saturated carbocycles. The molecule has 2 aromatic heterocycles. The largest absolute Gasteiger partial charge is 0.378 e. The molecular weight excluding hydrogens is 473 g/mol. The van der Waals surface area contributed by atoms with Crippen LogP contribution in [-0.2, 0) is 9.53 Å². The number of benzene rings is 1. The van der Waals surface area contributed by atoms with E-state index < -0.39 is 0 Å². The first-order chi connectivity index (χ1) is 18.0. The SMILES string of the molecule is CC=O.C[C@H]1CC[C@@H](c2nc(Nc3cc(F)cc(N4CCOCC4)c3)cc(-c3cnccn3)n2)CN1C. The molecule has 2 aliphatic heterocycles. The molecule has 0 radical (unpaired) electrons. The number of aromatic nitrogens is 4. The van der Waals surface area contributed by atoms with Crippen LogP contribution in [0.4, 0.5) is 21.6 Å². The number of ether oxygens (including phenoxy) is 1. The van der Waals surface area contributed by atoms with E-state index in [1.807, 2.05) is 12.1 Å². The fraction of sp³-hybridized carbons (Fsp3) is 0.444. The molecule has 3 aromatic rings. The Kier molecular flexibility index (Phi) is 9.08. The zero-order valence-electron chi connectivity index (χ0n) is 21.6. The number of hydrogen-bond acceptors (Lipinski definition) is 9. The minimum Gasteiger partial charge on any atom is -0.378 e. The first kappa shape index (κ1) is 26.6. The summed E-state index contributed by atoms with van der Waals surface area (Å²) < 4.78 is 20.0. The molecule has 9 nitrogen and oxygen atoms in total. The number of likely N-dealkylation sites (N-methyl/N-ethyl adjacent to an activating group) is 1. The summed E-state index contributed by atoms with van der Waals surface area (Å²) in [5.74, 6) is 1.31. The average Bonchev–Trinajstić information content (AvgIpc) is 2.91. The van der Waals surface area contributed by atoms with Gasteiger partial charge in [-0.3, -0.25) is 9.97 Å². The quantitative estimate of drug-likeness (QED) is 0.513. The predicted octanol–water partition coefficient (Wildman–Crippen LogP) is 4.06. The Labute approximate surface area is 217 Å². The van der Waals surface area contributed by atoms with Crippen molar-refractivity contribution in [1.29, 1.82) is 0 Å². The van der Waals surface area contributed by atoms with Gasteiger partial charge in [-0.05, 0) is 51.9 Å². The molecule has 1 aromatic carbocycles. The summed E-state index contributed by atoms with van der Waals surface area (Å²) in [6.07, 6.45) is 7.86. The van der Waals surface area contributed by atoms with Crippen molar-refractivity contribution in [2.75, 3.05) is 50.1 Å². The molecule has 0 spiro atoms. The van der Waals surface area contributed by atoms with Gasteiger partial charge in [0.1, 0.15) is 29.4 Å². The van der Waals surface area contributed by atoms with Crippen molar-refractivity contribution in [3.05, 3.63) is 54.5 Å². The van der Waals surface area contributed by atoms with Crippen LogP contribution in [0.1, 0.15) is 38.4 Å². The molecule has 10 heteroatoms. The van der Waals surface area contributed by atoms with Gasteiger partial charge in [0.2, 0.25) is 0 Å². The van der Waals surface area contributed by atoms with E-state index in [-0.39, 0.29) is 11.7 Å². The molecule has 0 aliphatic carbocycles. The lowest BCUT2D eigenvalue weighted by Crippen LogP contribution is -2.38. The summed E-state index contributed by atoms with van der Waals surface area (Å²) in [6, 6.07) is 7.40. The fourth-order valence-corrected chi connectivity index (χ4v) is 4.57. The number of anilines is 3. The number of carbonyl (C=O) groups excluding carboxylic acids is 1. The first-order valence-corrected chi connectivity index (χ1v) is 12.6. The highest BCUT2D eigenvalue weighted by Crippen LogP contribution is 2.31. The Balaban J connectivity index is 0.00000102. The molecule has 37 heavy (non-hydrogen) atoms. The van der Waals surface area contributed by atoms with Gasteiger partial charge in [-0.1, -0.05) is 0 Å². The molecule has 2 saturated heterocycles. The number of carbonyl (C=O) groups is 1. The van der Waals surface area contributed by atoms with Crippen LogP contribution in [0.2, 0.25) is 0 Å². The van der Waals surface area contributed by atoms with E-state index in [0.29, 0.717) is 42.1 Å². The lowest BCUT2D eigenvalue weighted by molar-refractivity contribution is -0.106. The topological polar surface area (TPSA) is 96.4 Å². The van der Waals surface area contributed by atoms with E-state index >= 15 is 0 Å². The van der Waals surface area contributed by atoms with E-state index in [0.717, 1.165) is 50.3 Å². The molecule has 2 fully saturated rings. The molecule has 0 amide bonds. The summed E-state index contributed by atoms with van der Waals surface area (Å²) >= 11 is 0. The van der Waals surface area contributed by atoms with Gasteiger partial charge in [-0.2, -0.15) is 0 Å². The van der Waals surface area contributed by atoms with Crippen LogP contribution in [0.5, 0.6) is 0 Å². The van der Waals surface area contributed by atoms with Crippen LogP contribution in [-0.4, -0.2) is 77.1 Å². The minimum atomic E-state index is -0.294. The van der Waals surface area contributed by atoms with Crippen molar-refractivity contribution in [1.82, 2.24) is 24.8 Å². The maximum atomic E-state index is 14.5. The Morgan fingerprint density at radius 2 is 1.86 bits per heavy atom. The van der Waals surface area contributed by atoms with Crippen molar-refractivity contribution in [3.8, 4) is 11.4 Å². The smallest absolute Gasteiger partial charge is 0.135 e. The summed E-state index contributed by atoms with van der Waals surface area (Å²) in [5.41, 5.74) is 2.86. The lowest BCUT2D eigenvalue weighted by atomic mass is 9.93. The number of rotatable bonds is 5. The third-order valence-electron chi connectivity index (χ3n) is 6.66. The van der Waals surface area contributed by atoms with Gasteiger partial charge in [0, 0.05) is 61.4 Å². The maximum Gasteiger partial charge on any atom is 0.135 e. The number of morpholine rings is 1. The van der Waals surface area contributed by atoms with E-state index in [9.17, 15) is 4.39 Å². The second-order valence-electron chi connectivity index (χ2n) is 9.31. The predicted molar refractivity (Wildman–Crippen MR) is 142 cm³/mol. The third kappa shape index (κ3) is 7.05. The van der Waals surface area contributed by atoms with Crippen LogP contribution in [0.3, 0.4) is 0 Å². The average molecular weight is 508 g/mol. The van der Waals surface area contributed by atoms with E-state index in [1.54, 1.807) is 24.7 Å². The van der Waals surface area contributed by atoms with Crippen LogP contribution in [0.25, 0.3) is 11.4 Å². The van der Waals surface area contributed by atoms with Crippen molar-refractivity contribution in [3.63, 3.8) is 0 Å². The Morgan fingerprint density at radius 1 is 1.08 bits per heavy atom. The van der Waals surface area contributed by atoms with Crippen molar-refractivity contribution in [2.45, 2.75) is 38.6 Å². The normalized spacial score (nSPS) is 20.1. The first-order valence-electron chi connectivity index (χ1n) is 12.6. The van der Waals surface area contributed by atoms with Crippen molar-refractivity contribution in [2.24, 2.45) is 0 Å². The minimum absolute atomic E-state index is 0.217. The second-order valence-corrected chi connectivity index (χ2v) is 9.31. The molecule has 4 heterocycles.